The molecule has 0 spiro atoms. The van der Waals surface area contributed by atoms with E-state index in [1.165, 1.54) is 0 Å². The number of esters is 5. The van der Waals surface area contributed by atoms with E-state index in [-0.39, 0.29) is 11.4 Å². The number of benzene rings is 1. The molecule has 18 heteroatoms. The normalized spacial score (nSPS) is 14.1. The number of nitrogens with one attached hydrogen (secondary N) is 1. The summed E-state index contributed by atoms with van der Waals surface area (Å²) in [7, 11) is 0. The van der Waals surface area contributed by atoms with E-state index in [2.05, 4.69) is 5.32 Å². The van der Waals surface area contributed by atoms with Gasteiger partial charge in [-0.25, -0.2) is 0 Å². The van der Waals surface area contributed by atoms with Crippen LogP contribution >= 0.6 is 11.8 Å². The number of thioether (sulfide) groups is 1. The molecule has 0 heterocycles. The van der Waals surface area contributed by atoms with Gasteiger partial charge in [-0.3, -0.25) is 44.2 Å². The van der Waals surface area contributed by atoms with Crippen LogP contribution in [0.3, 0.4) is 0 Å². The summed E-state index contributed by atoms with van der Waals surface area (Å²) in [6.45, 7) is 6.13. The number of hydrogen-bond donors (Lipinski definition) is 1. The molecule has 1 rings (SSSR count). The van der Waals surface area contributed by atoms with Crippen molar-refractivity contribution in [3.63, 3.8) is 0 Å². The Morgan fingerprint density at radius 2 is 1.36 bits per heavy atom. The molecule has 17 nitrogen and oxygen atoms in total. The number of nitro groups is 2. The zero-order valence-corrected chi connectivity index (χ0v) is 24.4. The highest BCUT2D eigenvalue weighted by Crippen LogP contribution is 2.34. The molecule has 0 unspecified atom stereocenters. The number of hydrogen-bond acceptors (Lipinski definition) is 16. The Hall–Kier alpha value is -4.48. The highest BCUT2D eigenvalue weighted by atomic mass is 32.2. The van der Waals surface area contributed by atoms with Crippen LogP contribution in [0.25, 0.3) is 0 Å². The second kappa shape index (κ2) is 16.7. The monoisotopic (exact) mass is 617 g/mol. The first-order valence-electron chi connectivity index (χ1n) is 12.2. The van der Waals surface area contributed by atoms with Gasteiger partial charge in [-0.05, 0) is 11.8 Å². The van der Waals surface area contributed by atoms with Gasteiger partial charge in [0.15, 0.2) is 23.7 Å². The molecule has 0 saturated carbocycles. The lowest BCUT2D eigenvalue weighted by Gasteiger charge is -2.38. The molecule has 0 bridgehead atoms. The molecule has 0 aliphatic carbocycles. The maximum absolute atomic E-state index is 12.3. The first-order valence-corrected chi connectivity index (χ1v) is 13.2. The number of rotatable bonds is 16. The van der Waals surface area contributed by atoms with Crippen LogP contribution in [-0.4, -0.2) is 81.8 Å². The van der Waals surface area contributed by atoms with Crippen molar-refractivity contribution in [1.82, 2.24) is 0 Å². The van der Waals surface area contributed by atoms with Gasteiger partial charge in [0.1, 0.15) is 18.3 Å². The number of ether oxygens (including phenoxy) is 5. The fraction of sp³-hybridized carbons (Fsp3) is 0.542. The number of non-ortho nitro benzene ring substituents is 1. The second-order valence-electron chi connectivity index (χ2n) is 8.42. The van der Waals surface area contributed by atoms with Crippen molar-refractivity contribution in [1.29, 1.82) is 0 Å². The average Bonchev–Trinajstić information content (AvgIpc) is 2.86. The smallest absolute Gasteiger partial charge is 0.303 e. The molecular formula is C24H31N3O14S. The van der Waals surface area contributed by atoms with E-state index in [1.54, 1.807) is 6.92 Å². The minimum Gasteiger partial charge on any atom is -0.462 e. The van der Waals surface area contributed by atoms with Gasteiger partial charge >= 0.3 is 29.8 Å². The Labute approximate surface area is 243 Å². The molecule has 5 atom stereocenters. The van der Waals surface area contributed by atoms with Crippen LogP contribution in [0.5, 0.6) is 0 Å². The zero-order chi connectivity index (χ0) is 32.1. The van der Waals surface area contributed by atoms with Crippen molar-refractivity contribution in [2.75, 3.05) is 17.7 Å². The van der Waals surface area contributed by atoms with Gasteiger partial charge < -0.3 is 29.0 Å². The molecule has 1 aromatic rings. The van der Waals surface area contributed by atoms with Gasteiger partial charge in [-0.1, -0.05) is 6.92 Å². The molecule has 0 aromatic heterocycles. The van der Waals surface area contributed by atoms with Gasteiger partial charge in [-0.2, -0.15) is 0 Å². The van der Waals surface area contributed by atoms with Gasteiger partial charge in [0.25, 0.3) is 11.4 Å². The predicted octanol–water partition coefficient (Wildman–Crippen LogP) is 2.28. The van der Waals surface area contributed by atoms with E-state index in [9.17, 15) is 44.2 Å². The summed E-state index contributed by atoms with van der Waals surface area (Å²) in [4.78, 5) is 81.4. The fourth-order valence-corrected chi connectivity index (χ4v) is 4.58. The molecule has 0 saturated heterocycles. The van der Waals surface area contributed by atoms with Crippen LogP contribution in [0.1, 0.15) is 41.5 Å². The maximum atomic E-state index is 12.3. The number of carbonyl (C=O) groups is 5. The number of nitro benzene ring substituents is 2. The topological polar surface area (TPSA) is 230 Å². The van der Waals surface area contributed by atoms with Crippen LogP contribution < -0.4 is 5.32 Å². The van der Waals surface area contributed by atoms with Crippen LogP contribution in [0, 0.1) is 20.2 Å². The summed E-state index contributed by atoms with van der Waals surface area (Å²) in [5.74, 6) is -4.14. The van der Waals surface area contributed by atoms with Crippen molar-refractivity contribution in [2.45, 2.75) is 71.3 Å². The van der Waals surface area contributed by atoms with E-state index in [0.717, 1.165) is 58.5 Å². The molecule has 232 valence electrons. The number of nitrogens with zero attached hydrogens (tertiary/aromatic N) is 2. The Bertz CT molecular complexity index is 1190. The summed E-state index contributed by atoms with van der Waals surface area (Å²) in [5.41, 5.74) is -3.00. The second-order valence-corrected chi connectivity index (χ2v) is 9.79. The number of anilines is 1. The predicted molar refractivity (Wildman–Crippen MR) is 144 cm³/mol. The van der Waals surface area contributed by atoms with Gasteiger partial charge in [0.2, 0.25) is 0 Å². The zero-order valence-electron chi connectivity index (χ0n) is 23.6. The summed E-state index contributed by atoms with van der Waals surface area (Å²) < 4.78 is 26.5. The van der Waals surface area contributed by atoms with Crippen molar-refractivity contribution in [3.8, 4) is 0 Å². The fourth-order valence-electron chi connectivity index (χ4n) is 3.62. The maximum Gasteiger partial charge on any atom is 0.303 e. The largest absolute Gasteiger partial charge is 0.462 e. The van der Waals surface area contributed by atoms with E-state index in [0.29, 0.717) is 6.07 Å². The van der Waals surface area contributed by atoms with E-state index < -0.39 is 87.5 Å². The first kappa shape index (κ1) is 35.5. The van der Waals surface area contributed by atoms with E-state index >= 15 is 0 Å². The number of carbonyl (C=O) groups excluding carboxylic acids is 5. The van der Waals surface area contributed by atoms with Crippen molar-refractivity contribution in [2.24, 2.45) is 0 Å². The lowest BCUT2D eigenvalue weighted by molar-refractivity contribution is -0.393. The minimum atomic E-state index is -1.74. The Morgan fingerprint density at radius 3 is 1.81 bits per heavy atom. The summed E-state index contributed by atoms with van der Waals surface area (Å²) in [6, 6.07) is 1.16. The molecular weight excluding hydrogens is 586 g/mol. The molecule has 1 N–H and O–H groups in total. The Morgan fingerprint density at radius 1 is 0.810 bits per heavy atom. The molecule has 42 heavy (non-hydrogen) atoms. The molecule has 0 aliphatic rings. The van der Waals surface area contributed by atoms with Crippen molar-refractivity contribution >= 4 is 58.7 Å². The van der Waals surface area contributed by atoms with Crippen LogP contribution in [0.2, 0.25) is 0 Å². The lowest BCUT2D eigenvalue weighted by atomic mass is 9.99. The quantitative estimate of drug-likeness (QED) is 0.0921. The molecule has 0 radical (unpaired) electrons. The summed E-state index contributed by atoms with van der Waals surface area (Å²) in [6.07, 6.45) is -5.05. The third-order valence-electron chi connectivity index (χ3n) is 5.03. The highest BCUT2D eigenvalue weighted by Gasteiger charge is 2.47. The third-order valence-corrected chi connectivity index (χ3v) is 6.09. The van der Waals surface area contributed by atoms with E-state index in [1.807, 2.05) is 0 Å². The minimum absolute atomic E-state index is 0.282. The highest BCUT2D eigenvalue weighted by molar-refractivity contribution is 7.99. The van der Waals surface area contributed by atoms with Gasteiger partial charge in [0, 0.05) is 40.7 Å². The van der Waals surface area contributed by atoms with Crippen LogP contribution in [0.4, 0.5) is 17.1 Å². The van der Waals surface area contributed by atoms with Crippen LogP contribution in [0.15, 0.2) is 18.2 Å². The molecule has 0 fully saturated rings. The third kappa shape index (κ3) is 11.6. The Balaban J connectivity index is 3.97. The van der Waals surface area contributed by atoms with Crippen molar-refractivity contribution < 1.29 is 57.5 Å². The first-order chi connectivity index (χ1) is 19.6. The lowest BCUT2D eigenvalue weighted by Crippen LogP contribution is -2.57. The Kier molecular flexibility index (Phi) is 14.1. The van der Waals surface area contributed by atoms with Crippen LogP contribution in [-0.2, 0) is 47.7 Å². The van der Waals surface area contributed by atoms with Gasteiger partial charge in [-0.15, -0.1) is 11.8 Å². The molecule has 0 aliphatic heterocycles. The standard InChI is InChI=1S/C24H31N3O14S/c1-7-42-24(41-16(6)32)21(25-18-9-8-17(26(33)34)10-19(18)27(35)36)23(40-15(5)31)22(39-14(4)30)20(38-13(3)29)11-37-12(2)28/h8-10,20-25H,7,11H2,1-6H3/t20-,21-,22-,23+,24-/m1/s1. The van der Waals surface area contributed by atoms with Gasteiger partial charge in [0.05, 0.1) is 15.9 Å². The SMILES string of the molecule is CCS[C@@H](OC(C)=O)[C@H](Nc1ccc([N+](=O)[O-])cc1[N+](=O)[O-])[C@H](OC(C)=O)[C@H](OC(C)=O)[C@@H](COC(C)=O)OC(C)=O. The molecule has 0 amide bonds. The summed E-state index contributed by atoms with van der Waals surface area (Å²) in [5, 5.41) is 25.8. The summed E-state index contributed by atoms with van der Waals surface area (Å²) >= 11 is 0.981. The average molecular weight is 618 g/mol. The van der Waals surface area contributed by atoms with E-state index in [4.69, 9.17) is 23.7 Å². The van der Waals surface area contributed by atoms with Crippen molar-refractivity contribution in [3.05, 3.63) is 38.4 Å². The molecule has 1 aromatic carbocycles.